The van der Waals surface area contributed by atoms with E-state index in [1.807, 2.05) is 0 Å². The Morgan fingerprint density at radius 3 is 2.39 bits per heavy atom. The van der Waals surface area contributed by atoms with Crippen molar-refractivity contribution in [3.8, 4) is 5.75 Å². The molecule has 3 aromatic carbocycles. The van der Waals surface area contributed by atoms with Gasteiger partial charge in [-0.15, -0.1) is 0 Å². The molecule has 0 N–H and O–H groups in total. The number of methoxy groups -OCH3 is 1. The van der Waals surface area contributed by atoms with Crippen molar-refractivity contribution in [3.63, 3.8) is 0 Å². The van der Waals surface area contributed by atoms with E-state index in [1.165, 1.54) is 54.5 Å². The first-order valence-corrected chi connectivity index (χ1v) is 9.27. The average molecular weight is 417 g/mol. The molecule has 0 radical (unpaired) electrons. The highest BCUT2D eigenvalue weighted by molar-refractivity contribution is 6.33. The second-order valence-corrected chi connectivity index (χ2v) is 6.60. The van der Waals surface area contributed by atoms with E-state index in [0.717, 1.165) is 0 Å². The summed E-state index contributed by atoms with van der Waals surface area (Å²) in [6, 6.07) is 18.7. The van der Waals surface area contributed by atoms with Crippen molar-refractivity contribution in [2.24, 2.45) is 4.99 Å². The fourth-order valence-corrected chi connectivity index (χ4v) is 3.23. The van der Waals surface area contributed by atoms with Crippen LogP contribution in [0.1, 0.15) is 11.1 Å². The van der Waals surface area contributed by atoms with Crippen LogP contribution in [0.3, 0.4) is 0 Å². The number of amidine groups is 1. The number of hydrogen-bond acceptors (Lipinski definition) is 5. The van der Waals surface area contributed by atoms with E-state index in [4.69, 9.17) is 4.74 Å². The van der Waals surface area contributed by atoms with Crippen molar-refractivity contribution < 1.29 is 18.8 Å². The number of rotatable bonds is 5. The number of para-hydroxylation sites is 1. The number of halogens is 1. The molecule has 7 nitrogen and oxygen atoms in total. The Morgan fingerprint density at radius 1 is 1.03 bits per heavy atom. The molecule has 0 aromatic heterocycles. The Bertz CT molecular complexity index is 1240. The molecule has 0 unspecified atom stereocenters. The van der Waals surface area contributed by atoms with Crippen LogP contribution in [0.15, 0.2) is 83.5 Å². The molecule has 0 fully saturated rings. The SMILES string of the molecule is COc1ccc(N2C(=O)/C(=C\c3ccccc3[N+](=O)[O-])N=C2c2ccccc2F)cc1. The Labute approximate surface area is 176 Å². The van der Waals surface area contributed by atoms with Crippen molar-refractivity contribution in [2.75, 3.05) is 12.0 Å². The Hall–Kier alpha value is -4.33. The Kier molecular flexibility index (Phi) is 5.28. The van der Waals surface area contributed by atoms with Crippen molar-refractivity contribution in [3.05, 3.63) is 106 Å². The minimum Gasteiger partial charge on any atom is -0.497 e. The van der Waals surface area contributed by atoms with Gasteiger partial charge in [0.05, 0.1) is 28.8 Å². The summed E-state index contributed by atoms with van der Waals surface area (Å²) in [6.45, 7) is 0. The fourth-order valence-electron chi connectivity index (χ4n) is 3.23. The van der Waals surface area contributed by atoms with Crippen LogP contribution in [0.5, 0.6) is 5.75 Å². The molecule has 0 bridgehead atoms. The van der Waals surface area contributed by atoms with Crippen LogP contribution in [0, 0.1) is 15.9 Å². The smallest absolute Gasteiger partial charge is 0.282 e. The van der Waals surface area contributed by atoms with Crippen LogP contribution in [-0.4, -0.2) is 23.8 Å². The third-order valence-corrected chi connectivity index (χ3v) is 4.73. The molecule has 1 amide bonds. The number of hydrogen-bond donors (Lipinski definition) is 0. The summed E-state index contributed by atoms with van der Waals surface area (Å²) in [5.41, 5.74) is 0.622. The van der Waals surface area contributed by atoms with E-state index in [1.54, 1.807) is 36.4 Å². The first-order valence-electron chi connectivity index (χ1n) is 9.27. The number of carbonyl (C=O) groups is 1. The van der Waals surface area contributed by atoms with Crippen LogP contribution in [-0.2, 0) is 4.79 Å². The molecule has 0 spiro atoms. The van der Waals surface area contributed by atoms with E-state index in [9.17, 15) is 19.3 Å². The van der Waals surface area contributed by atoms with Crippen molar-refractivity contribution in [1.82, 2.24) is 0 Å². The van der Waals surface area contributed by atoms with Gasteiger partial charge >= 0.3 is 0 Å². The molecule has 1 heterocycles. The lowest BCUT2D eigenvalue weighted by Crippen LogP contribution is -2.33. The summed E-state index contributed by atoms with van der Waals surface area (Å²) < 4.78 is 19.7. The summed E-state index contributed by atoms with van der Waals surface area (Å²) in [5.74, 6) is -0.380. The van der Waals surface area contributed by atoms with Crippen molar-refractivity contribution in [1.29, 1.82) is 0 Å². The van der Waals surface area contributed by atoms with Crippen LogP contribution < -0.4 is 9.64 Å². The Balaban J connectivity index is 1.86. The first-order chi connectivity index (χ1) is 15.0. The van der Waals surface area contributed by atoms with E-state index < -0.39 is 16.6 Å². The van der Waals surface area contributed by atoms with Gasteiger partial charge in [-0.05, 0) is 48.5 Å². The lowest BCUT2D eigenvalue weighted by atomic mass is 10.1. The number of nitro benzene ring substituents is 1. The van der Waals surface area contributed by atoms with Gasteiger partial charge < -0.3 is 4.74 Å². The summed E-state index contributed by atoms with van der Waals surface area (Å²) in [4.78, 5) is 29.7. The summed E-state index contributed by atoms with van der Waals surface area (Å²) in [5, 5.41) is 11.3. The summed E-state index contributed by atoms with van der Waals surface area (Å²) in [7, 11) is 1.52. The van der Waals surface area contributed by atoms with Gasteiger partial charge in [0.1, 0.15) is 17.3 Å². The molecule has 0 saturated heterocycles. The van der Waals surface area contributed by atoms with Gasteiger partial charge in [-0.1, -0.05) is 24.3 Å². The zero-order chi connectivity index (χ0) is 22.0. The topological polar surface area (TPSA) is 85.0 Å². The van der Waals surface area contributed by atoms with Crippen molar-refractivity contribution in [2.45, 2.75) is 0 Å². The maximum atomic E-state index is 14.6. The molecular weight excluding hydrogens is 401 g/mol. The maximum absolute atomic E-state index is 14.6. The molecule has 0 atom stereocenters. The highest BCUT2D eigenvalue weighted by Crippen LogP contribution is 2.31. The number of ether oxygens (including phenoxy) is 1. The van der Waals surface area contributed by atoms with Crippen LogP contribution >= 0.6 is 0 Å². The predicted molar refractivity (Wildman–Crippen MR) is 114 cm³/mol. The molecule has 3 aromatic rings. The highest BCUT2D eigenvalue weighted by atomic mass is 19.1. The molecule has 4 rings (SSSR count). The van der Waals surface area contributed by atoms with Gasteiger partial charge in [0, 0.05) is 6.07 Å². The number of anilines is 1. The van der Waals surface area contributed by atoms with Gasteiger partial charge in [-0.3, -0.25) is 19.8 Å². The number of nitro groups is 1. The van der Waals surface area contributed by atoms with Crippen LogP contribution in [0.25, 0.3) is 6.08 Å². The van der Waals surface area contributed by atoms with E-state index in [0.29, 0.717) is 11.4 Å². The van der Waals surface area contributed by atoms with E-state index >= 15 is 0 Å². The molecule has 1 aliphatic heterocycles. The number of nitrogens with zero attached hydrogens (tertiary/aromatic N) is 3. The second kappa shape index (κ2) is 8.19. The Morgan fingerprint density at radius 2 is 1.71 bits per heavy atom. The third-order valence-electron chi connectivity index (χ3n) is 4.73. The van der Waals surface area contributed by atoms with Crippen LogP contribution in [0.4, 0.5) is 15.8 Å². The number of amides is 1. The normalized spacial score (nSPS) is 14.6. The quantitative estimate of drug-likeness (QED) is 0.346. The second-order valence-electron chi connectivity index (χ2n) is 6.60. The molecule has 1 aliphatic rings. The minimum atomic E-state index is -0.542. The van der Waals surface area contributed by atoms with Gasteiger partial charge in [0.25, 0.3) is 11.6 Å². The number of carbonyl (C=O) groups excluding carboxylic acids is 1. The van der Waals surface area contributed by atoms with Crippen LogP contribution in [0.2, 0.25) is 0 Å². The minimum absolute atomic E-state index is 0.0385. The zero-order valence-corrected chi connectivity index (χ0v) is 16.4. The van der Waals surface area contributed by atoms with Gasteiger partial charge in [-0.2, -0.15) is 0 Å². The maximum Gasteiger partial charge on any atom is 0.282 e. The molecule has 0 saturated carbocycles. The summed E-state index contributed by atoms with van der Waals surface area (Å²) >= 11 is 0. The van der Waals surface area contributed by atoms with E-state index in [2.05, 4.69) is 4.99 Å². The van der Waals surface area contributed by atoms with E-state index in [-0.39, 0.29) is 28.3 Å². The third kappa shape index (κ3) is 3.78. The predicted octanol–water partition coefficient (Wildman–Crippen LogP) is 4.58. The highest BCUT2D eigenvalue weighted by Gasteiger charge is 2.34. The lowest BCUT2D eigenvalue weighted by Gasteiger charge is -2.19. The zero-order valence-electron chi connectivity index (χ0n) is 16.4. The number of aliphatic imine (C=N–C) groups is 1. The average Bonchev–Trinajstić information content (AvgIpc) is 3.10. The fraction of sp³-hybridized carbons (Fsp3) is 0.0435. The molecule has 8 heteroatoms. The number of benzene rings is 3. The van der Waals surface area contributed by atoms with Gasteiger partial charge in [0.15, 0.2) is 5.84 Å². The lowest BCUT2D eigenvalue weighted by molar-refractivity contribution is -0.385. The molecular formula is C23H16FN3O4. The molecule has 154 valence electrons. The monoisotopic (exact) mass is 417 g/mol. The van der Waals surface area contributed by atoms with Gasteiger partial charge in [0.2, 0.25) is 0 Å². The first kappa shape index (κ1) is 20.0. The molecule has 0 aliphatic carbocycles. The van der Waals surface area contributed by atoms with Gasteiger partial charge in [-0.25, -0.2) is 9.38 Å². The largest absolute Gasteiger partial charge is 0.497 e. The standard InChI is InChI=1S/C23H16FN3O4/c1-31-17-12-10-16(11-13-17)26-22(18-7-3-4-8-19(18)24)25-20(23(26)28)14-15-6-2-5-9-21(15)27(29)30/h2-14H,1H3/b20-14+. The van der Waals surface area contributed by atoms with Crippen molar-refractivity contribution >= 4 is 29.2 Å². The summed E-state index contributed by atoms with van der Waals surface area (Å²) in [6.07, 6.45) is 1.34. The molecule has 31 heavy (non-hydrogen) atoms.